The molecule has 28 heavy (non-hydrogen) atoms. The first kappa shape index (κ1) is 17.7. The van der Waals surface area contributed by atoms with Crippen LogP contribution < -0.4 is 18.9 Å². The summed E-state index contributed by atoms with van der Waals surface area (Å²) in [4.78, 5) is 4.63. The van der Waals surface area contributed by atoms with E-state index in [-0.39, 0.29) is 0 Å². The molecule has 7 nitrogen and oxygen atoms in total. The van der Waals surface area contributed by atoms with Crippen LogP contribution in [0.3, 0.4) is 0 Å². The third-order valence-corrected chi connectivity index (χ3v) is 4.28. The van der Waals surface area contributed by atoms with Crippen LogP contribution in [0.15, 0.2) is 42.7 Å². The lowest BCUT2D eigenvalue weighted by Crippen LogP contribution is -1.95. The van der Waals surface area contributed by atoms with Crippen molar-refractivity contribution in [3.63, 3.8) is 0 Å². The third-order valence-electron chi connectivity index (χ3n) is 4.28. The van der Waals surface area contributed by atoms with Crippen molar-refractivity contribution in [2.45, 2.75) is 0 Å². The van der Waals surface area contributed by atoms with Gasteiger partial charge in [-0.05, 0) is 35.9 Å². The van der Waals surface area contributed by atoms with E-state index in [4.69, 9.17) is 18.9 Å². The van der Waals surface area contributed by atoms with E-state index in [0.717, 1.165) is 16.9 Å². The molecule has 0 N–H and O–H groups in total. The quantitative estimate of drug-likeness (QED) is 0.670. The minimum absolute atomic E-state index is 0.552. The number of ether oxygens (including phenoxy) is 4. The number of rotatable bonds is 5. The summed E-state index contributed by atoms with van der Waals surface area (Å²) in [6, 6.07) is 11.4. The van der Waals surface area contributed by atoms with Gasteiger partial charge in [-0.1, -0.05) is 18.2 Å². The fourth-order valence-electron chi connectivity index (χ4n) is 2.98. The van der Waals surface area contributed by atoms with Crippen LogP contribution in [-0.4, -0.2) is 36.1 Å². The van der Waals surface area contributed by atoms with Crippen molar-refractivity contribution in [1.82, 2.24) is 14.8 Å². The van der Waals surface area contributed by atoms with Crippen LogP contribution in [0.25, 0.3) is 29.7 Å². The van der Waals surface area contributed by atoms with E-state index < -0.39 is 0 Å². The summed E-state index contributed by atoms with van der Waals surface area (Å²) >= 11 is 0. The molecule has 7 heteroatoms. The van der Waals surface area contributed by atoms with Crippen LogP contribution in [0.5, 0.6) is 23.0 Å². The first-order chi connectivity index (χ1) is 13.7. The largest absolute Gasteiger partial charge is 0.493 e. The summed E-state index contributed by atoms with van der Waals surface area (Å²) in [7, 11) is 4.75. The Morgan fingerprint density at radius 2 is 1.71 bits per heavy atom. The molecule has 0 aliphatic carbocycles. The molecule has 2 heterocycles. The molecule has 1 aliphatic rings. The summed E-state index contributed by atoms with van der Waals surface area (Å²) in [5, 5.41) is 4.51. The van der Waals surface area contributed by atoms with E-state index in [0.29, 0.717) is 28.9 Å². The number of nitrogens with zero attached hydrogens (tertiary/aromatic N) is 3. The van der Waals surface area contributed by atoms with Gasteiger partial charge in [-0.2, -0.15) is 0 Å². The standard InChI is InChI=1S/C21H19N3O4/c1-25-17-12-14(13-18(26-2)20(17)27-3)8-9-19-22-21-15-6-4-5-7-16(15)28-11-10-24(21)23-19/h4-13H,1-3H3/b9-8+. The molecule has 0 saturated heterocycles. The van der Waals surface area contributed by atoms with Crippen molar-refractivity contribution < 1.29 is 18.9 Å². The van der Waals surface area contributed by atoms with Gasteiger partial charge in [-0.15, -0.1) is 5.10 Å². The van der Waals surface area contributed by atoms with E-state index >= 15 is 0 Å². The number of methoxy groups -OCH3 is 3. The Balaban J connectivity index is 1.69. The van der Waals surface area contributed by atoms with Gasteiger partial charge in [-0.3, -0.25) is 0 Å². The van der Waals surface area contributed by atoms with Crippen molar-refractivity contribution in [3.05, 3.63) is 54.0 Å². The second-order valence-corrected chi connectivity index (χ2v) is 5.93. The monoisotopic (exact) mass is 377 g/mol. The Morgan fingerprint density at radius 3 is 2.43 bits per heavy atom. The van der Waals surface area contributed by atoms with Crippen molar-refractivity contribution in [1.29, 1.82) is 0 Å². The van der Waals surface area contributed by atoms with Gasteiger partial charge in [0.2, 0.25) is 5.75 Å². The highest BCUT2D eigenvalue weighted by Gasteiger charge is 2.16. The topological polar surface area (TPSA) is 67.6 Å². The second-order valence-electron chi connectivity index (χ2n) is 5.93. The summed E-state index contributed by atoms with van der Waals surface area (Å²) in [5.41, 5.74) is 1.76. The van der Waals surface area contributed by atoms with Crippen molar-refractivity contribution in [2.24, 2.45) is 0 Å². The van der Waals surface area contributed by atoms with Gasteiger partial charge in [-0.25, -0.2) is 9.67 Å². The minimum Gasteiger partial charge on any atom is -0.493 e. The van der Waals surface area contributed by atoms with Gasteiger partial charge in [0, 0.05) is 0 Å². The minimum atomic E-state index is 0.552. The highest BCUT2D eigenvalue weighted by atomic mass is 16.5. The maximum absolute atomic E-state index is 5.59. The third kappa shape index (κ3) is 3.18. The molecule has 1 aliphatic heterocycles. The molecular formula is C21H19N3O4. The van der Waals surface area contributed by atoms with Crippen LogP contribution in [0, 0.1) is 0 Å². The van der Waals surface area contributed by atoms with Gasteiger partial charge < -0.3 is 18.9 Å². The Labute approximate surface area is 162 Å². The predicted molar refractivity (Wildman–Crippen MR) is 106 cm³/mol. The number of aromatic nitrogens is 3. The zero-order valence-electron chi connectivity index (χ0n) is 15.7. The fraction of sp³-hybridized carbons (Fsp3) is 0.143. The Morgan fingerprint density at radius 1 is 0.964 bits per heavy atom. The first-order valence-electron chi connectivity index (χ1n) is 8.61. The summed E-state index contributed by atoms with van der Waals surface area (Å²) in [6.07, 6.45) is 7.06. The molecule has 2 aromatic carbocycles. The van der Waals surface area contributed by atoms with Crippen LogP contribution in [0.1, 0.15) is 11.4 Å². The molecule has 3 aromatic rings. The van der Waals surface area contributed by atoms with Crippen LogP contribution in [0.2, 0.25) is 0 Å². The molecule has 0 unspecified atom stereocenters. The molecule has 1 aromatic heterocycles. The van der Waals surface area contributed by atoms with E-state index in [2.05, 4.69) is 10.1 Å². The average Bonchev–Trinajstić information content (AvgIpc) is 3.06. The van der Waals surface area contributed by atoms with Crippen LogP contribution in [-0.2, 0) is 0 Å². The predicted octanol–water partition coefficient (Wildman–Crippen LogP) is 3.96. The smallest absolute Gasteiger partial charge is 0.203 e. The van der Waals surface area contributed by atoms with Gasteiger partial charge in [0.25, 0.3) is 0 Å². The molecule has 4 rings (SSSR count). The Kier molecular flexibility index (Phi) is 4.72. The lowest BCUT2D eigenvalue weighted by molar-refractivity contribution is 0.324. The SMILES string of the molecule is COc1cc(/C=C/c2nc3n(n2)C=COc2ccccc2-3)cc(OC)c1OC. The summed E-state index contributed by atoms with van der Waals surface area (Å²) < 4.78 is 23.4. The molecule has 0 radical (unpaired) electrons. The van der Waals surface area contributed by atoms with E-state index in [1.54, 1.807) is 38.5 Å². The van der Waals surface area contributed by atoms with Gasteiger partial charge in [0.15, 0.2) is 23.1 Å². The molecule has 0 amide bonds. The maximum Gasteiger partial charge on any atom is 0.203 e. The highest BCUT2D eigenvalue weighted by molar-refractivity contribution is 5.73. The van der Waals surface area contributed by atoms with Gasteiger partial charge in [0.05, 0.1) is 33.1 Å². The lowest BCUT2D eigenvalue weighted by atomic mass is 10.1. The Bertz CT molecular complexity index is 1040. The number of hydrogen-bond acceptors (Lipinski definition) is 6. The molecular weight excluding hydrogens is 358 g/mol. The Hall–Kier alpha value is -3.74. The van der Waals surface area contributed by atoms with Gasteiger partial charge >= 0.3 is 0 Å². The molecule has 0 atom stereocenters. The molecule has 0 bridgehead atoms. The van der Waals surface area contributed by atoms with E-state index in [9.17, 15) is 0 Å². The van der Waals surface area contributed by atoms with Gasteiger partial charge in [0.1, 0.15) is 12.0 Å². The number of hydrogen-bond donors (Lipinski definition) is 0. The van der Waals surface area contributed by atoms with Crippen LogP contribution in [0.4, 0.5) is 0 Å². The number of benzene rings is 2. The van der Waals surface area contributed by atoms with Crippen molar-refractivity contribution in [2.75, 3.05) is 21.3 Å². The second kappa shape index (κ2) is 7.48. The normalized spacial score (nSPS) is 12.1. The number of para-hydroxylation sites is 1. The lowest BCUT2D eigenvalue weighted by Gasteiger charge is -2.12. The molecule has 142 valence electrons. The number of fused-ring (bicyclic) bond motifs is 3. The van der Waals surface area contributed by atoms with Crippen molar-refractivity contribution >= 4 is 18.4 Å². The van der Waals surface area contributed by atoms with E-state index in [1.165, 1.54) is 0 Å². The molecule has 0 fully saturated rings. The van der Waals surface area contributed by atoms with E-state index in [1.807, 2.05) is 48.6 Å². The zero-order valence-corrected chi connectivity index (χ0v) is 15.7. The average molecular weight is 377 g/mol. The summed E-state index contributed by atoms with van der Waals surface area (Å²) in [6.45, 7) is 0. The summed E-state index contributed by atoms with van der Waals surface area (Å²) in [5.74, 6) is 3.76. The zero-order chi connectivity index (χ0) is 19.5. The van der Waals surface area contributed by atoms with Crippen molar-refractivity contribution in [3.8, 4) is 34.4 Å². The molecule has 0 saturated carbocycles. The highest BCUT2D eigenvalue weighted by Crippen LogP contribution is 2.38. The van der Waals surface area contributed by atoms with Crippen LogP contribution >= 0.6 is 0 Å². The fourth-order valence-corrected chi connectivity index (χ4v) is 2.98. The first-order valence-corrected chi connectivity index (χ1v) is 8.61. The molecule has 0 spiro atoms. The maximum atomic E-state index is 5.59.